The lowest BCUT2D eigenvalue weighted by Gasteiger charge is -2.12. The molecule has 0 N–H and O–H groups in total. The first-order valence-corrected chi connectivity index (χ1v) is 4.43. The van der Waals surface area contributed by atoms with Gasteiger partial charge in [0.15, 0.2) is 17.9 Å². The van der Waals surface area contributed by atoms with Gasteiger partial charge in [-0.3, -0.25) is 4.79 Å². The Kier molecular flexibility index (Phi) is 3.23. The van der Waals surface area contributed by atoms with E-state index in [-0.39, 0.29) is 17.2 Å². The zero-order chi connectivity index (χ0) is 10.7. The van der Waals surface area contributed by atoms with Gasteiger partial charge in [-0.1, -0.05) is 19.9 Å². The highest BCUT2D eigenvalue weighted by molar-refractivity contribution is 5.76. The molecule has 2 nitrogen and oxygen atoms in total. The third-order valence-corrected chi connectivity index (χ3v) is 2.11. The minimum Gasteiger partial charge on any atom is -0.493 e. The van der Waals surface area contributed by atoms with Gasteiger partial charge >= 0.3 is 0 Å². The van der Waals surface area contributed by atoms with Crippen LogP contribution in [0.5, 0.6) is 5.75 Å². The number of carbonyl (C=O) groups excluding carboxylic acids is 1. The van der Waals surface area contributed by atoms with E-state index in [0.717, 1.165) is 5.56 Å². The van der Waals surface area contributed by atoms with Crippen LogP contribution in [-0.2, 0) is 0 Å². The highest BCUT2D eigenvalue weighted by atomic mass is 19.1. The molecule has 0 heterocycles. The fraction of sp³-hybridized carbons (Fsp3) is 0.364. The smallest absolute Gasteiger partial charge is 0.175 e. The van der Waals surface area contributed by atoms with Crippen LogP contribution in [-0.4, -0.2) is 13.4 Å². The normalized spacial score (nSPS) is 10.4. The zero-order valence-electron chi connectivity index (χ0n) is 8.50. The van der Waals surface area contributed by atoms with E-state index in [4.69, 9.17) is 4.74 Å². The molecule has 1 aromatic rings. The minimum atomic E-state index is -0.575. The second kappa shape index (κ2) is 4.22. The van der Waals surface area contributed by atoms with Crippen molar-refractivity contribution in [2.24, 2.45) is 0 Å². The summed E-state index contributed by atoms with van der Waals surface area (Å²) in [7, 11) is 1.40. The largest absolute Gasteiger partial charge is 0.493 e. The fourth-order valence-corrected chi connectivity index (χ4v) is 1.34. The first-order valence-electron chi connectivity index (χ1n) is 4.43. The van der Waals surface area contributed by atoms with E-state index in [2.05, 4.69) is 0 Å². The molecule has 0 aliphatic rings. The van der Waals surface area contributed by atoms with Crippen LogP contribution in [0.1, 0.15) is 35.7 Å². The number of hydrogen-bond acceptors (Lipinski definition) is 2. The van der Waals surface area contributed by atoms with Gasteiger partial charge in [0.2, 0.25) is 0 Å². The molecule has 0 aliphatic carbocycles. The molecule has 1 rings (SSSR count). The first-order chi connectivity index (χ1) is 6.61. The molecule has 0 fully saturated rings. The van der Waals surface area contributed by atoms with Crippen LogP contribution in [0.15, 0.2) is 12.1 Å². The first kappa shape index (κ1) is 10.7. The third kappa shape index (κ3) is 1.76. The second-order valence-electron chi connectivity index (χ2n) is 3.36. The summed E-state index contributed by atoms with van der Waals surface area (Å²) in [5.74, 6) is -0.238. The predicted octanol–water partition coefficient (Wildman–Crippen LogP) is 2.77. The van der Waals surface area contributed by atoms with Crippen molar-refractivity contribution in [3.8, 4) is 5.75 Å². The van der Waals surface area contributed by atoms with Crippen LogP contribution in [0.3, 0.4) is 0 Å². The molecular formula is C11H13FO2. The van der Waals surface area contributed by atoms with Crippen molar-refractivity contribution in [3.63, 3.8) is 0 Å². The topological polar surface area (TPSA) is 26.3 Å². The van der Waals surface area contributed by atoms with Crippen molar-refractivity contribution in [3.05, 3.63) is 29.1 Å². The lowest BCUT2D eigenvalue weighted by atomic mass is 10.00. The van der Waals surface area contributed by atoms with Crippen LogP contribution in [0.25, 0.3) is 0 Å². The van der Waals surface area contributed by atoms with Crippen LogP contribution in [0.2, 0.25) is 0 Å². The molecule has 0 atom stereocenters. The summed E-state index contributed by atoms with van der Waals surface area (Å²) < 4.78 is 18.5. The summed E-state index contributed by atoms with van der Waals surface area (Å²) in [6.07, 6.45) is 0.488. The van der Waals surface area contributed by atoms with Crippen molar-refractivity contribution in [1.82, 2.24) is 0 Å². The van der Waals surface area contributed by atoms with Gasteiger partial charge in [0.1, 0.15) is 0 Å². The minimum absolute atomic E-state index is 0.0336. The Bertz CT molecular complexity index is 345. The Morgan fingerprint density at radius 3 is 2.50 bits per heavy atom. The van der Waals surface area contributed by atoms with Gasteiger partial charge in [0, 0.05) is 0 Å². The van der Waals surface area contributed by atoms with E-state index >= 15 is 0 Å². The van der Waals surface area contributed by atoms with Crippen molar-refractivity contribution in [1.29, 1.82) is 0 Å². The number of ether oxygens (including phenoxy) is 1. The van der Waals surface area contributed by atoms with Crippen LogP contribution < -0.4 is 4.74 Å². The van der Waals surface area contributed by atoms with Gasteiger partial charge in [-0.05, 0) is 17.5 Å². The number of carbonyl (C=O) groups is 1. The summed E-state index contributed by atoms with van der Waals surface area (Å²) >= 11 is 0. The number of aldehydes is 1. The van der Waals surface area contributed by atoms with E-state index in [1.54, 1.807) is 6.07 Å². The summed E-state index contributed by atoms with van der Waals surface area (Å²) in [6.45, 7) is 3.88. The average molecular weight is 196 g/mol. The molecule has 3 heteroatoms. The fourth-order valence-electron chi connectivity index (χ4n) is 1.34. The highest BCUT2D eigenvalue weighted by Gasteiger charge is 2.15. The summed E-state index contributed by atoms with van der Waals surface area (Å²) in [6, 6.07) is 3.19. The van der Waals surface area contributed by atoms with Gasteiger partial charge in [-0.25, -0.2) is 4.39 Å². The lowest BCUT2D eigenvalue weighted by molar-refractivity contribution is 0.111. The van der Waals surface area contributed by atoms with Gasteiger partial charge in [0.25, 0.3) is 0 Å². The van der Waals surface area contributed by atoms with Crippen LogP contribution in [0, 0.1) is 5.82 Å². The van der Waals surface area contributed by atoms with Crippen molar-refractivity contribution in [2.75, 3.05) is 7.11 Å². The summed E-state index contributed by atoms with van der Waals surface area (Å²) in [4.78, 5) is 10.5. The number of benzene rings is 1. The quantitative estimate of drug-likeness (QED) is 0.695. The average Bonchev–Trinajstić information content (AvgIpc) is 2.17. The van der Waals surface area contributed by atoms with Crippen molar-refractivity contribution >= 4 is 6.29 Å². The van der Waals surface area contributed by atoms with Crippen LogP contribution in [0.4, 0.5) is 4.39 Å². The SMILES string of the molecule is COc1c(C(C)C)ccc(C=O)c1F. The number of rotatable bonds is 3. The molecule has 0 amide bonds. The monoisotopic (exact) mass is 196 g/mol. The molecule has 0 aliphatic heterocycles. The van der Waals surface area contributed by atoms with Gasteiger partial charge in [-0.15, -0.1) is 0 Å². The maximum absolute atomic E-state index is 13.5. The maximum atomic E-state index is 13.5. The van der Waals surface area contributed by atoms with E-state index in [0.29, 0.717) is 6.29 Å². The molecule has 0 saturated heterocycles. The number of methoxy groups -OCH3 is 1. The summed E-state index contributed by atoms with van der Waals surface area (Å²) in [5.41, 5.74) is 0.807. The molecule has 0 unspecified atom stereocenters. The molecule has 0 bridgehead atoms. The Labute approximate surface area is 82.7 Å². The Morgan fingerprint density at radius 1 is 1.43 bits per heavy atom. The predicted molar refractivity (Wildman–Crippen MR) is 52.4 cm³/mol. The molecule has 1 aromatic carbocycles. The summed E-state index contributed by atoms with van der Waals surface area (Å²) in [5, 5.41) is 0. The van der Waals surface area contributed by atoms with Gasteiger partial charge in [0.05, 0.1) is 12.7 Å². The van der Waals surface area contributed by atoms with Crippen LogP contribution >= 0.6 is 0 Å². The molecule has 0 radical (unpaired) electrons. The molecule has 0 saturated carbocycles. The van der Waals surface area contributed by atoms with Crippen molar-refractivity contribution in [2.45, 2.75) is 19.8 Å². The zero-order valence-corrected chi connectivity index (χ0v) is 8.50. The third-order valence-electron chi connectivity index (χ3n) is 2.11. The second-order valence-corrected chi connectivity index (χ2v) is 3.36. The molecule has 0 aromatic heterocycles. The molecular weight excluding hydrogens is 183 g/mol. The van der Waals surface area contributed by atoms with E-state index in [9.17, 15) is 9.18 Å². The molecule has 14 heavy (non-hydrogen) atoms. The van der Waals surface area contributed by atoms with E-state index in [1.165, 1.54) is 13.2 Å². The number of halogens is 1. The van der Waals surface area contributed by atoms with E-state index in [1.807, 2.05) is 13.8 Å². The number of hydrogen-bond donors (Lipinski definition) is 0. The Hall–Kier alpha value is -1.38. The highest BCUT2D eigenvalue weighted by Crippen LogP contribution is 2.30. The molecule has 76 valence electrons. The van der Waals surface area contributed by atoms with E-state index < -0.39 is 5.82 Å². The van der Waals surface area contributed by atoms with Gasteiger partial charge < -0.3 is 4.74 Å². The lowest BCUT2D eigenvalue weighted by Crippen LogP contribution is -2.00. The van der Waals surface area contributed by atoms with Gasteiger partial charge in [-0.2, -0.15) is 0 Å². The Balaban J connectivity index is 3.35. The molecule has 0 spiro atoms. The Morgan fingerprint density at radius 2 is 2.07 bits per heavy atom. The standard InChI is InChI=1S/C11H13FO2/c1-7(2)9-5-4-8(6-13)10(12)11(9)14-3/h4-7H,1-3H3. The maximum Gasteiger partial charge on any atom is 0.175 e. The van der Waals surface area contributed by atoms with Crippen molar-refractivity contribution < 1.29 is 13.9 Å².